The highest BCUT2D eigenvalue weighted by Gasteiger charge is 2.14. The van der Waals surface area contributed by atoms with Crippen molar-refractivity contribution in [1.82, 2.24) is 9.71 Å². The summed E-state index contributed by atoms with van der Waals surface area (Å²) in [7, 11) is -3.70. The molecule has 0 aliphatic heterocycles. The third-order valence-corrected chi connectivity index (χ3v) is 3.66. The molecule has 1 amide bonds. The molecular formula is C12H15N3O4S. The highest BCUT2D eigenvalue weighted by atomic mass is 32.2. The van der Waals surface area contributed by atoms with Gasteiger partial charge in [0.25, 0.3) is 0 Å². The van der Waals surface area contributed by atoms with Gasteiger partial charge in [-0.1, -0.05) is 11.8 Å². The van der Waals surface area contributed by atoms with E-state index in [-0.39, 0.29) is 24.5 Å². The van der Waals surface area contributed by atoms with Crippen LogP contribution < -0.4 is 10.5 Å². The van der Waals surface area contributed by atoms with Crippen molar-refractivity contribution < 1.29 is 18.3 Å². The zero-order chi connectivity index (χ0) is 15.0. The number of amides is 1. The van der Waals surface area contributed by atoms with E-state index < -0.39 is 15.9 Å². The lowest BCUT2D eigenvalue weighted by Gasteiger charge is -2.06. The number of primary amides is 1. The summed E-state index contributed by atoms with van der Waals surface area (Å²) >= 11 is 0. The van der Waals surface area contributed by atoms with Gasteiger partial charge in [0.2, 0.25) is 15.9 Å². The molecule has 8 heteroatoms. The zero-order valence-corrected chi connectivity index (χ0v) is 11.5. The van der Waals surface area contributed by atoms with Crippen LogP contribution in [0.3, 0.4) is 0 Å². The van der Waals surface area contributed by atoms with E-state index in [0.717, 1.165) is 0 Å². The van der Waals surface area contributed by atoms with Crippen LogP contribution in [0.15, 0.2) is 23.4 Å². The van der Waals surface area contributed by atoms with E-state index >= 15 is 0 Å². The molecule has 1 aromatic heterocycles. The van der Waals surface area contributed by atoms with E-state index in [1.54, 1.807) is 0 Å². The number of carbonyl (C=O) groups excluding carboxylic acids is 1. The van der Waals surface area contributed by atoms with Gasteiger partial charge in [0.1, 0.15) is 11.5 Å². The Morgan fingerprint density at radius 1 is 1.45 bits per heavy atom. The van der Waals surface area contributed by atoms with Gasteiger partial charge in [0.15, 0.2) is 0 Å². The molecule has 7 nitrogen and oxygen atoms in total. The monoisotopic (exact) mass is 297 g/mol. The van der Waals surface area contributed by atoms with Crippen LogP contribution in [0.2, 0.25) is 0 Å². The van der Waals surface area contributed by atoms with E-state index in [2.05, 4.69) is 21.5 Å². The van der Waals surface area contributed by atoms with Gasteiger partial charge in [-0.25, -0.2) is 13.1 Å². The topological polar surface area (TPSA) is 122 Å². The molecule has 1 heterocycles. The van der Waals surface area contributed by atoms with Gasteiger partial charge in [-0.15, -0.1) is 0 Å². The van der Waals surface area contributed by atoms with Crippen molar-refractivity contribution in [2.75, 3.05) is 13.2 Å². The van der Waals surface area contributed by atoms with Crippen LogP contribution in [0.5, 0.6) is 0 Å². The van der Waals surface area contributed by atoms with E-state index in [0.29, 0.717) is 12.0 Å². The highest BCUT2D eigenvalue weighted by Crippen LogP contribution is 2.08. The van der Waals surface area contributed by atoms with E-state index in [1.807, 2.05) is 0 Å². The van der Waals surface area contributed by atoms with Gasteiger partial charge >= 0.3 is 0 Å². The number of nitrogens with one attached hydrogen (secondary N) is 1. The van der Waals surface area contributed by atoms with Crippen LogP contribution in [0.25, 0.3) is 0 Å². The average Bonchev–Trinajstić information content (AvgIpc) is 2.41. The van der Waals surface area contributed by atoms with Crippen LogP contribution in [0, 0.1) is 11.8 Å². The molecule has 0 aliphatic rings. The molecule has 0 aliphatic carbocycles. The maximum absolute atomic E-state index is 11.9. The van der Waals surface area contributed by atoms with Crippen LogP contribution in [-0.4, -0.2) is 37.6 Å². The molecule has 20 heavy (non-hydrogen) atoms. The third kappa shape index (κ3) is 5.36. The lowest BCUT2D eigenvalue weighted by atomic mass is 10.3. The number of sulfonamides is 1. The summed E-state index contributed by atoms with van der Waals surface area (Å²) < 4.78 is 26.2. The molecule has 4 N–H and O–H groups in total. The first-order valence-electron chi connectivity index (χ1n) is 5.78. The van der Waals surface area contributed by atoms with E-state index in [9.17, 15) is 13.2 Å². The Morgan fingerprint density at radius 2 is 2.20 bits per heavy atom. The largest absolute Gasteiger partial charge is 0.384 e. The smallest absolute Gasteiger partial charge is 0.242 e. The Bertz CT molecular complexity index is 632. The molecule has 0 aromatic carbocycles. The number of pyridine rings is 1. The zero-order valence-electron chi connectivity index (χ0n) is 10.7. The Morgan fingerprint density at radius 3 is 2.85 bits per heavy atom. The summed E-state index contributed by atoms with van der Waals surface area (Å²) in [4.78, 5) is 14.3. The number of carbonyl (C=O) groups is 1. The molecule has 0 saturated carbocycles. The summed E-state index contributed by atoms with van der Waals surface area (Å²) in [5, 5.41) is 8.58. The van der Waals surface area contributed by atoms with Crippen molar-refractivity contribution in [2.45, 2.75) is 17.7 Å². The number of hydrogen-bond donors (Lipinski definition) is 3. The molecule has 0 atom stereocenters. The Kier molecular flexibility index (Phi) is 6.11. The minimum atomic E-state index is -3.70. The van der Waals surface area contributed by atoms with Gasteiger partial charge in [-0.3, -0.25) is 9.78 Å². The molecule has 0 radical (unpaired) electrons. The number of nitrogens with zero attached hydrogens (tertiary/aromatic N) is 1. The number of hydrogen-bond acceptors (Lipinski definition) is 5. The quantitative estimate of drug-likeness (QED) is 0.458. The van der Waals surface area contributed by atoms with Crippen molar-refractivity contribution >= 4 is 15.9 Å². The standard InChI is InChI=1S/C12H15N3O4S/c13-12(17)4-1-5-15-20(18,19)11-7-10(3-2-6-16)8-14-9-11/h7-9,15-16H,1,4-6H2,(H2,13,17). The van der Waals surface area contributed by atoms with E-state index in [4.69, 9.17) is 10.8 Å². The second-order valence-electron chi connectivity index (χ2n) is 3.84. The predicted octanol–water partition coefficient (Wildman–Crippen LogP) is -1.03. The first kappa shape index (κ1) is 16.1. The minimum absolute atomic E-state index is 0.0266. The molecule has 0 unspecified atom stereocenters. The summed E-state index contributed by atoms with van der Waals surface area (Å²) in [6, 6.07) is 1.35. The molecular weight excluding hydrogens is 282 g/mol. The van der Waals surface area contributed by atoms with Crippen molar-refractivity contribution in [2.24, 2.45) is 5.73 Å². The maximum atomic E-state index is 11.9. The molecule has 108 valence electrons. The normalized spacial score (nSPS) is 10.7. The first-order valence-corrected chi connectivity index (χ1v) is 7.27. The van der Waals surface area contributed by atoms with Crippen LogP contribution >= 0.6 is 0 Å². The second-order valence-corrected chi connectivity index (χ2v) is 5.60. The van der Waals surface area contributed by atoms with Crippen molar-refractivity contribution in [3.63, 3.8) is 0 Å². The van der Waals surface area contributed by atoms with Crippen molar-refractivity contribution in [3.05, 3.63) is 24.0 Å². The molecule has 0 bridgehead atoms. The SMILES string of the molecule is NC(=O)CCCNS(=O)(=O)c1cncc(C#CCO)c1. The Balaban J connectivity index is 2.74. The lowest BCUT2D eigenvalue weighted by Crippen LogP contribution is -2.26. The first-order chi connectivity index (χ1) is 9.45. The minimum Gasteiger partial charge on any atom is -0.384 e. The molecule has 0 spiro atoms. The molecule has 0 fully saturated rings. The Hall–Kier alpha value is -1.95. The van der Waals surface area contributed by atoms with Gasteiger partial charge in [-0.2, -0.15) is 0 Å². The fourth-order valence-corrected chi connectivity index (χ4v) is 2.39. The second kappa shape index (κ2) is 7.59. The summed E-state index contributed by atoms with van der Waals surface area (Å²) in [6.45, 7) is -0.208. The van der Waals surface area contributed by atoms with E-state index in [1.165, 1.54) is 18.5 Å². The number of rotatable bonds is 6. The number of aromatic nitrogens is 1. The summed E-state index contributed by atoms with van der Waals surface area (Å²) in [5.74, 6) is 4.50. The Labute approximate surface area is 117 Å². The van der Waals surface area contributed by atoms with Crippen molar-refractivity contribution in [1.29, 1.82) is 0 Å². The maximum Gasteiger partial charge on any atom is 0.242 e. The summed E-state index contributed by atoms with van der Waals surface area (Å²) in [5.41, 5.74) is 5.35. The predicted molar refractivity (Wildman–Crippen MR) is 71.8 cm³/mol. The van der Waals surface area contributed by atoms with Gasteiger partial charge in [0, 0.05) is 30.9 Å². The number of aliphatic hydroxyl groups excluding tert-OH is 1. The fourth-order valence-electron chi connectivity index (χ4n) is 1.33. The molecule has 1 rings (SSSR count). The van der Waals surface area contributed by atoms with Gasteiger partial charge in [0.05, 0.1) is 0 Å². The van der Waals surface area contributed by atoms with Gasteiger partial charge < -0.3 is 10.8 Å². The molecule has 0 saturated heterocycles. The fraction of sp³-hybridized carbons (Fsp3) is 0.333. The molecule has 1 aromatic rings. The van der Waals surface area contributed by atoms with Crippen LogP contribution in [-0.2, 0) is 14.8 Å². The average molecular weight is 297 g/mol. The third-order valence-electron chi connectivity index (χ3n) is 2.23. The van der Waals surface area contributed by atoms with Crippen LogP contribution in [0.1, 0.15) is 18.4 Å². The lowest BCUT2D eigenvalue weighted by molar-refractivity contribution is -0.118. The van der Waals surface area contributed by atoms with Crippen molar-refractivity contribution in [3.8, 4) is 11.8 Å². The highest BCUT2D eigenvalue weighted by molar-refractivity contribution is 7.89. The number of nitrogens with two attached hydrogens (primary N) is 1. The number of aliphatic hydroxyl groups is 1. The van der Waals surface area contributed by atoms with Crippen LogP contribution in [0.4, 0.5) is 0 Å². The van der Waals surface area contributed by atoms with Gasteiger partial charge in [-0.05, 0) is 12.5 Å². The summed E-state index contributed by atoms with van der Waals surface area (Å²) in [6.07, 6.45) is 3.03.